The van der Waals surface area contributed by atoms with E-state index in [9.17, 15) is 13.2 Å². The first-order chi connectivity index (χ1) is 6.60. The molecule has 1 heterocycles. The van der Waals surface area contributed by atoms with Crippen molar-refractivity contribution in [3.05, 3.63) is 24.0 Å². The second-order valence-corrected chi connectivity index (χ2v) is 5.04. The van der Waals surface area contributed by atoms with Crippen molar-refractivity contribution in [2.45, 2.75) is 18.2 Å². The van der Waals surface area contributed by atoms with Gasteiger partial charge in [0.2, 0.25) is 0 Å². The molecule has 0 spiro atoms. The molecule has 0 saturated heterocycles. The van der Waals surface area contributed by atoms with Crippen LogP contribution in [0.2, 0.25) is 0 Å². The van der Waals surface area contributed by atoms with Crippen LogP contribution in [0, 0.1) is 0 Å². The average Bonchev–Trinajstić information content (AvgIpc) is 2.19. The third-order valence-electron chi connectivity index (χ3n) is 1.83. The molecule has 0 saturated carbocycles. The molecule has 0 radical (unpaired) electrons. The summed E-state index contributed by atoms with van der Waals surface area (Å²) in [6.07, 6.45) is 2.24. The van der Waals surface area contributed by atoms with Gasteiger partial charge in [-0.3, -0.25) is 4.98 Å². The van der Waals surface area contributed by atoms with Crippen LogP contribution in [-0.2, 0) is 21.1 Å². The molecule has 0 aliphatic rings. The molecule has 0 aromatic carbocycles. The third-order valence-corrected chi connectivity index (χ3v) is 3.55. The van der Waals surface area contributed by atoms with Gasteiger partial charge in [-0.15, -0.1) is 0 Å². The van der Waals surface area contributed by atoms with E-state index in [1.807, 2.05) is 0 Å². The van der Waals surface area contributed by atoms with Crippen molar-refractivity contribution in [2.75, 3.05) is 5.75 Å². The lowest BCUT2D eigenvalue weighted by Crippen LogP contribution is -2.04. The fraction of sp³-hybridized carbons (Fsp3) is 0.333. The molecule has 0 N–H and O–H groups in total. The molecule has 76 valence electrons. The zero-order valence-electron chi connectivity index (χ0n) is 7.80. The number of nitrogens with zero attached hydrogens (tertiary/aromatic N) is 1. The summed E-state index contributed by atoms with van der Waals surface area (Å²) >= 11 is 0. The molecule has 0 amide bonds. The van der Waals surface area contributed by atoms with Crippen LogP contribution in [0.4, 0.5) is 0 Å². The Balaban J connectivity index is 3.00. The number of hydrogen-bond donors (Lipinski definition) is 0. The molecule has 5 heteroatoms. The van der Waals surface area contributed by atoms with E-state index < -0.39 is 9.84 Å². The van der Waals surface area contributed by atoms with Crippen molar-refractivity contribution >= 4 is 16.1 Å². The predicted molar refractivity (Wildman–Crippen MR) is 51.7 cm³/mol. The van der Waals surface area contributed by atoms with Crippen molar-refractivity contribution in [3.63, 3.8) is 0 Å². The number of hydrogen-bond acceptors (Lipinski definition) is 4. The van der Waals surface area contributed by atoms with E-state index in [2.05, 4.69) is 4.98 Å². The van der Waals surface area contributed by atoms with Crippen LogP contribution >= 0.6 is 0 Å². The molecule has 14 heavy (non-hydrogen) atoms. The first-order valence-corrected chi connectivity index (χ1v) is 5.86. The summed E-state index contributed by atoms with van der Waals surface area (Å²) in [7, 11) is -3.18. The van der Waals surface area contributed by atoms with Gasteiger partial charge in [-0.2, -0.15) is 0 Å². The number of sulfone groups is 1. The van der Waals surface area contributed by atoms with Crippen molar-refractivity contribution in [1.82, 2.24) is 4.98 Å². The minimum absolute atomic E-state index is 0.0572. The van der Waals surface area contributed by atoms with Gasteiger partial charge in [-0.1, -0.05) is 6.92 Å². The minimum atomic E-state index is -3.18. The van der Waals surface area contributed by atoms with E-state index in [1.165, 1.54) is 12.3 Å². The lowest BCUT2D eigenvalue weighted by atomic mass is 10.3. The number of pyridine rings is 1. The van der Waals surface area contributed by atoms with Gasteiger partial charge >= 0.3 is 0 Å². The summed E-state index contributed by atoms with van der Waals surface area (Å²) < 4.78 is 22.7. The normalized spacial score (nSPS) is 11.2. The molecule has 0 aliphatic heterocycles. The summed E-state index contributed by atoms with van der Waals surface area (Å²) in [6.45, 7) is 1.58. The van der Waals surface area contributed by atoms with Crippen LogP contribution < -0.4 is 0 Å². The van der Waals surface area contributed by atoms with Crippen molar-refractivity contribution in [3.8, 4) is 0 Å². The second-order valence-electron chi connectivity index (χ2n) is 2.76. The summed E-state index contributed by atoms with van der Waals surface area (Å²) in [4.78, 5) is 14.2. The van der Waals surface area contributed by atoms with Crippen molar-refractivity contribution < 1.29 is 13.2 Å². The van der Waals surface area contributed by atoms with Crippen LogP contribution in [0.3, 0.4) is 0 Å². The summed E-state index contributed by atoms with van der Waals surface area (Å²) in [5.74, 6) is 0.0572. The molecule has 0 fully saturated rings. The van der Waals surface area contributed by atoms with E-state index in [0.29, 0.717) is 5.69 Å². The molecule has 0 atom stereocenters. The monoisotopic (exact) mass is 213 g/mol. The third kappa shape index (κ3) is 2.38. The van der Waals surface area contributed by atoms with E-state index in [0.717, 1.165) is 6.29 Å². The summed E-state index contributed by atoms with van der Waals surface area (Å²) in [5, 5.41) is 0. The highest BCUT2D eigenvalue weighted by atomic mass is 32.2. The number of carbonyl (C=O) groups excluding carboxylic acids is 1. The average molecular weight is 213 g/mol. The Labute approximate surface area is 82.9 Å². The van der Waals surface area contributed by atoms with Crippen LogP contribution in [0.1, 0.15) is 12.6 Å². The molecule has 0 aliphatic carbocycles. The molecular formula is C9H11NO3S. The number of aromatic nitrogens is 1. The van der Waals surface area contributed by atoms with Gasteiger partial charge in [-0.05, 0) is 12.1 Å². The van der Waals surface area contributed by atoms with Gasteiger partial charge in [0.25, 0.3) is 0 Å². The van der Waals surface area contributed by atoms with Crippen molar-refractivity contribution in [2.24, 2.45) is 0 Å². The zero-order chi connectivity index (χ0) is 10.6. The first-order valence-electron chi connectivity index (χ1n) is 4.21. The molecule has 0 bridgehead atoms. The Bertz CT molecular complexity index is 408. The molecule has 1 aromatic heterocycles. The van der Waals surface area contributed by atoms with Crippen LogP contribution in [0.15, 0.2) is 23.2 Å². The van der Waals surface area contributed by atoms with Gasteiger partial charge in [0, 0.05) is 18.3 Å². The van der Waals surface area contributed by atoms with E-state index in [1.54, 1.807) is 13.0 Å². The van der Waals surface area contributed by atoms with Crippen LogP contribution in [-0.4, -0.2) is 25.4 Å². The van der Waals surface area contributed by atoms with Gasteiger partial charge in [0.05, 0.1) is 10.6 Å². The maximum atomic E-state index is 11.4. The Morgan fingerprint density at radius 3 is 2.57 bits per heavy atom. The maximum absolute atomic E-state index is 11.4. The van der Waals surface area contributed by atoms with Crippen LogP contribution in [0.5, 0.6) is 0 Å². The highest BCUT2D eigenvalue weighted by Gasteiger charge is 2.11. The van der Waals surface area contributed by atoms with Gasteiger partial charge < -0.3 is 4.79 Å². The van der Waals surface area contributed by atoms with Crippen molar-refractivity contribution in [1.29, 1.82) is 0 Å². The molecule has 4 nitrogen and oxygen atoms in total. The second kappa shape index (κ2) is 4.32. The highest BCUT2D eigenvalue weighted by molar-refractivity contribution is 7.91. The Kier molecular flexibility index (Phi) is 3.35. The topological polar surface area (TPSA) is 64.1 Å². The van der Waals surface area contributed by atoms with Gasteiger partial charge in [-0.25, -0.2) is 8.42 Å². The Morgan fingerprint density at radius 1 is 1.43 bits per heavy atom. The van der Waals surface area contributed by atoms with E-state index in [4.69, 9.17) is 0 Å². The minimum Gasteiger partial charge on any atom is -0.303 e. The lowest BCUT2D eigenvalue weighted by Gasteiger charge is -2.00. The highest BCUT2D eigenvalue weighted by Crippen LogP contribution is 2.09. The number of aldehydes is 1. The predicted octanol–water partition coefficient (Wildman–Crippen LogP) is 0.617. The van der Waals surface area contributed by atoms with Crippen LogP contribution in [0.25, 0.3) is 0 Å². The number of carbonyl (C=O) groups is 1. The standard InChI is InChI=1S/C9H11NO3S/c1-2-14(12,13)9-4-3-8(5-6-11)10-7-9/h3-4,6-7H,2,5H2,1H3. The molecule has 0 unspecified atom stereocenters. The lowest BCUT2D eigenvalue weighted by molar-refractivity contribution is -0.107. The summed E-state index contributed by atoms with van der Waals surface area (Å²) in [6, 6.07) is 3.03. The molecular weight excluding hydrogens is 202 g/mol. The first kappa shape index (κ1) is 10.8. The fourth-order valence-corrected chi connectivity index (χ4v) is 1.79. The smallest absolute Gasteiger partial charge is 0.179 e. The largest absolute Gasteiger partial charge is 0.303 e. The number of rotatable bonds is 4. The SMILES string of the molecule is CCS(=O)(=O)c1ccc(CC=O)nc1. The fourth-order valence-electron chi connectivity index (χ4n) is 0.968. The quantitative estimate of drug-likeness (QED) is 0.688. The summed E-state index contributed by atoms with van der Waals surface area (Å²) in [5.41, 5.74) is 0.579. The van der Waals surface area contributed by atoms with Gasteiger partial charge in [0.15, 0.2) is 9.84 Å². The van der Waals surface area contributed by atoms with E-state index >= 15 is 0 Å². The Hall–Kier alpha value is -1.23. The molecule has 1 rings (SSSR count). The van der Waals surface area contributed by atoms with E-state index in [-0.39, 0.29) is 17.1 Å². The zero-order valence-corrected chi connectivity index (χ0v) is 8.62. The Morgan fingerprint density at radius 2 is 2.14 bits per heavy atom. The maximum Gasteiger partial charge on any atom is 0.179 e. The molecule has 1 aromatic rings. The van der Waals surface area contributed by atoms with Gasteiger partial charge in [0.1, 0.15) is 6.29 Å².